The van der Waals surface area contributed by atoms with Gasteiger partial charge in [-0.2, -0.15) is 17.5 Å². The van der Waals surface area contributed by atoms with E-state index in [4.69, 9.17) is 9.90 Å². The van der Waals surface area contributed by atoms with Crippen molar-refractivity contribution >= 4 is 21.9 Å². The van der Waals surface area contributed by atoms with E-state index in [1.165, 1.54) is 0 Å². The van der Waals surface area contributed by atoms with Gasteiger partial charge in [0.2, 0.25) is 15.9 Å². The van der Waals surface area contributed by atoms with Gasteiger partial charge >= 0.3 is 12.1 Å². The Balaban J connectivity index is 0.000000509. The van der Waals surface area contributed by atoms with Crippen LogP contribution in [-0.2, 0) is 26.0 Å². The number of alkyl halides is 3. The highest BCUT2D eigenvalue weighted by molar-refractivity contribution is 7.89. The van der Waals surface area contributed by atoms with E-state index in [-0.39, 0.29) is 24.9 Å². The molecular formula is C22H32F3N3O5S. The third-order valence-corrected chi connectivity index (χ3v) is 7.35. The predicted octanol–water partition coefficient (Wildman–Crippen LogP) is 2.49. The number of carboxylic acid groups (broad SMARTS) is 1. The second-order valence-electron chi connectivity index (χ2n) is 8.77. The van der Waals surface area contributed by atoms with Gasteiger partial charge < -0.3 is 15.3 Å². The molecule has 1 aromatic carbocycles. The largest absolute Gasteiger partial charge is 0.490 e. The number of carbonyl (C=O) groups is 2. The van der Waals surface area contributed by atoms with Crippen molar-refractivity contribution in [3.63, 3.8) is 0 Å². The summed E-state index contributed by atoms with van der Waals surface area (Å²) < 4.78 is 59.5. The fraction of sp³-hybridized carbons (Fsp3) is 0.636. The number of benzene rings is 1. The maximum Gasteiger partial charge on any atom is 0.490 e. The molecule has 1 saturated carbocycles. The lowest BCUT2D eigenvalue weighted by Gasteiger charge is -2.29. The number of rotatable bonds is 8. The van der Waals surface area contributed by atoms with Gasteiger partial charge in [-0.15, -0.1) is 0 Å². The van der Waals surface area contributed by atoms with Crippen LogP contribution in [0.4, 0.5) is 13.2 Å². The monoisotopic (exact) mass is 507 g/mol. The number of halogens is 3. The molecule has 0 radical (unpaired) electrons. The first-order valence-corrected chi connectivity index (χ1v) is 12.7. The van der Waals surface area contributed by atoms with Crippen LogP contribution in [0.2, 0.25) is 0 Å². The molecule has 0 spiro atoms. The highest BCUT2D eigenvalue weighted by Crippen LogP contribution is 2.32. The van der Waals surface area contributed by atoms with Crippen molar-refractivity contribution in [2.24, 2.45) is 5.92 Å². The second kappa shape index (κ2) is 12.0. The summed E-state index contributed by atoms with van der Waals surface area (Å²) in [6.07, 6.45) is -2.13. The molecule has 2 N–H and O–H groups in total. The van der Waals surface area contributed by atoms with Crippen LogP contribution >= 0.6 is 0 Å². The van der Waals surface area contributed by atoms with Crippen molar-refractivity contribution in [1.29, 1.82) is 0 Å². The van der Waals surface area contributed by atoms with E-state index in [0.717, 1.165) is 37.9 Å². The predicted molar refractivity (Wildman–Crippen MR) is 120 cm³/mol. The Morgan fingerprint density at radius 1 is 1.15 bits per heavy atom. The summed E-state index contributed by atoms with van der Waals surface area (Å²) in [7, 11) is -3.56. The minimum absolute atomic E-state index is 0.0427. The number of hydrogen-bond donors (Lipinski definition) is 2. The Kier molecular flexibility index (Phi) is 9.89. The van der Waals surface area contributed by atoms with Gasteiger partial charge in [0, 0.05) is 45.2 Å². The molecule has 1 aliphatic heterocycles. The number of carbonyl (C=O) groups excluding carboxylic acids is 1. The zero-order valence-corrected chi connectivity index (χ0v) is 20.2. The van der Waals surface area contributed by atoms with Gasteiger partial charge in [0.25, 0.3) is 0 Å². The standard InChI is InChI=1S/C20H31N3O3S.C2HF3O2/c1-16(2)15-17-3-7-19(8-4-17)27(25,26)23(18-5-6-18)12-9-20(24)22-13-10-21-11-14-22;3-2(4,5)1(6)7/h3-4,7-8,16,18,21H,5-6,9-15H2,1-2H3;(H,6,7). The van der Waals surface area contributed by atoms with Gasteiger partial charge in [0.15, 0.2) is 0 Å². The van der Waals surface area contributed by atoms with Crippen LogP contribution in [0, 0.1) is 5.92 Å². The summed E-state index contributed by atoms with van der Waals surface area (Å²) >= 11 is 0. The van der Waals surface area contributed by atoms with Crippen LogP contribution in [0.25, 0.3) is 0 Å². The van der Waals surface area contributed by atoms with E-state index in [2.05, 4.69) is 19.2 Å². The molecule has 1 aromatic rings. The van der Waals surface area contributed by atoms with E-state index in [1.54, 1.807) is 16.4 Å². The first-order valence-electron chi connectivity index (χ1n) is 11.2. The average Bonchev–Trinajstić information content (AvgIpc) is 3.59. The normalized spacial score (nSPS) is 16.9. The van der Waals surface area contributed by atoms with Gasteiger partial charge in [0.05, 0.1) is 4.90 Å². The number of nitrogens with zero attached hydrogens (tertiary/aromatic N) is 2. The number of carboxylic acids is 1. The zero-order valence-electron chi connectivity index (χ0n) is 19.3. The first kappa shape index (κ1) is 28.1. The number of hydrogen-bond acceptors (Lipinski definition) is 5. The lowest BCUT2D eigenvalue weighted by molar-refractivity contribution is -0.192. The van der Waals surface area contributed by atoms with Crippen molar-refractivity contribution in [2.45, 2.75) is 56.6 Å². The second-order valence-corrected chi connectivity index (χ2v) is 10.7. The van der Waals surface area contributed by atoms with Gasteiger partial charge in [-0.1, -0.05) is 26.0 Å². The summed E-state index contributed by atoms with van der Waals surface area (Å²) in [6, 6.07) is 7.27. The molecule has 0 bridgehead atoms. The first-order chi connectivity index (χ1) is 15.8. The van der Waals surface area contributed by atoms with Crippen molar-refractivity contribution < 1.29 is 36.3 Å². The molecule has 0 atom stereocenters. The van der Waals surface area contributed by atoms with Crippen LogP contribution < -0.4 is 5.32 Å². The highest BCUT2D eigenvalue weighted by atomic mass is 32.2. The third kappa shape index (κ3) is 8.55. The maximum absolute atomic E-state index is 13.1. The fourth-order valence-corrected chi connectivity index (χ4v) is 5.23. The minimum Gasteiger partial charge on any atom is -0.475 e. The Hall–Kier alpha value is -2.18. The van der Waals surface area contributed by atoms with Crippen LogP contribution in [0.1, 0.15) is 38.7 Å². The topological polar surface area (TPSA) is 107 Å². The molecule has 8 nitrogen and oxygen atoms in total. The fourth-order valence-electron chi connectivity index (χ4n) is 3.54. The molecule has 1 amide bonds. The van der Waals surface area contributed by atoms with E-state index in [9.17, 15) is 26.4 Å². The Labute approximate surface area is 198 Å². The minimum atomic E-state index is -5.08. The quantitative estimate of drug-likeness (QED) is 0.560. The lowest BCUT2D eigenvalue weighted by atomic mass is 10.0. The highest BCUT2D eigenvalue weighted by Gasteiger charge is 2.39. The third-order valence-electron chi connectivity index (χ3n) is 5.39. The molecular weight excluding hydrogens is 475 g/mol. The Morgan fingerprint density at radius 3 is 2.12 bits per heavy atom. The van der Waals surface area contributed by atoms with Crippen LogP contribution in [-0.4, -0.2) is 79.5 Å². The molecule has 2 fully saturated rings. The van der Waals surface area contributed by atoms with Gasteiger partial charge in [-0.3, -0.25) is 4.79 Å². The summed E-state index contributed by atoms with van der Waals surface area (Å²) in [6.45, 7) is 7.57. The zero-order chi connectivity index (χ0) is 25.5. The van der Waals surface area contributed by atoms with Crippen molar-refractivity contribution in [3.8, 4) is 0 Å². The molecule has 2 aliphatic rings. The van der Waals surface area contributed by atoms with Gasteiger partial charge in [-0.25, -0.2) is 13.2 Å². The number of sulfonamides is 1. The molecule has 1 heterocycles. The number of piperazine rings is 1. The van der Waals surface area contributed by atoms with E-state index in [0.29, 0.717) is 23.9 Å². The van der Waals surface area contributed by atoms with Gasteiger partial charge in [0.1, 0.15) is 0 Å². The number of nitrogens with one attached hydrogen (secondary N) is 1. The lowest BCUT2D eigenvalue weighted by Crippen LogP contribution is -2.47. The summed E-state index contributed by atoms with van der Waals surface area (Å²) in [5.74, 6) is -2.18. The smallest absolute Gasteiger partial charge is 0.475 e. The maximum atomic E-state index is 13.1. The summed E-state index contributed by atoms with van der Waals surface area (Å²) in [4.78, 5) is 23.5. The van der Waals surface area contributed by atoms with Gasteiger partial charge in [-0.05, 0) is 42.9 Å². The Bertz CT molecular complexity index is 926. The van der Waals surface area contributed by atoms with Crippen LogP contribution in [0.5, 0.6) is 0 Å². The average molecular weight is 508 g/mol. The molecule has 0 aromatic heterocycles. The SMILES string of the molecule is CC(C)Cc1ccc(S(=O)(=O)N(CCC(=O)N2CCNCC2)C2CC2)cc1.O=C(O)C(F)(F)F. The van der Waals surface area contributed by atoms with Crippen LogP contribution in [0.3, 0.4) is 0 Å². The molecule has 34 heavy (non-hydrogen) atoms. The molecule has 12 heteroatoms. The van der Waals surface area contributed by atoms with E-state index < -0.39 is 22.2 Å². The van der Waals surface area contributed by atoms with Crippen molar-refractivity contribution in [3.05, 3.63) is 29.8 Å². The van der Waals surface area contributed by atoms with Crippen molar-refractivity contribution in [2.75, 3.05) is 32.7 Å². The molecule has 3 rings (SSSR count). The van der Waals surface area contributed by atoms with E-state index >= 15 is 0 Å². The molecule has 0 unspecified atom stereocenters. The number of amides is 1. The van der Waals surface area contributed by atoms with Crippen molar-refractivity contribution in [1.82, 2.24) is 14.5 Å². The molecule has 1 saturated heterocycles. The van der Waals surface area contributed by atoms with E-state index in [1.807, 2.05) is 17.0 Å². The molecule has 192 valence electrons. The summed E-state index contributed by atoms with van der Waals surface area (Å²) in [5, 5.41) is 10.3. The van der Waals surface area contributed by atoms with Crippen LogP contribution in [0.15, 0.2) is 29.2 Å². The molecule has 1 aliphatic carbocycles. The number of aliphatic carboxylic acids is 1. The summed E-state index contributed by atoms with van der Waals surface area (Å²) in [5.41, 5.74) is 1.15. The Morgan fingerprint density at radius 2 is 1.68 bits per heavy atom.